The molecule has 8 nitrogen and oxygen atoms in total. The molecule has 0 radical (unpaired) electrons. The van der Waals surface area contributed by atoms with E-state index >= 15 is 0 Å². The van der Waals surface area contributed by atoms with Gasteiger partial charge < -0.3 is 4.18 Å². The average Bonchev–Trinajstić information content (AvgIpc) is 3.15. The van der Waals surface area contributed by atoms with Gasteiger partial charge in [0.1, 0.15) is 5.65 Å². The third kappa shape index (κ3) is 3.31. The van der Waals surface area contributed by atoms with Crippen LogP contribution in [0.4, 0.5) is 13.2 Å². The first kappa shape index (κ1) is 20.3. The molecule has 0 spiro atoms. The van der Waals surface area contributed by atoms with Crippen molar-refractivity contribution in [1.29, 1.82) is 0 Å². The van der Waals surface area contributed by atoms with E-state index < -0.39 is 17.3 Å². The van der Waals surface area contributed by atoms with E-state index in [0.29, 0.717) is 30.0 Å². The summed E-state index contributed by atoms with van der Waals surface area (Å²) in [5, 5.41) is 0.356. The molecule has 0 N–H and O–H groups in total. The van der Waals surface area contributed by atoms with Gasteiger partial charge in [-0.15, -0.1) is 0 Å². The zero-order valence-electron chi connectivity index (χ0n) is 16.1. The third-order valence-corrected chi connectivity index (χ3v) is 4.95. The number of halogens is 3. The van der Waals surface area contributed by atoms with Gasteiger partial charge in [0.05, 0.1) is 17.6 Å². The van der Waals surface area contributed by atoms with E-state index in [1.165, 1.54) is 15.4 Å². The first-order valence-corrected chi connectivity index (χ1v) is 9.49. The van der Waals surface area contributed by atoms with E-state index in [0.717, 1.165) is 22.2 Å². The molecule has 4 rings (SSSR count). The molecule has 30 heavy (non-hydrogen) atoms. The predicted molar refractivity (Wildman–Crippen MR) is 105 cm³/mol. The number of aryl methyl sites for hydroxylation is 2. The van der Waals surface area contributed by atoms with Crippen LogP contribution in [0, 0.1) is 6.92 Å². The molecule has 0 atom stereocenters. The Morgan fingerprint density at radius 2 is 2.03 bits per heavy atom. The van der Waals surface area contributed by atoms with Gasteiger partial charge in [-0.3, -0.25) is 18.1 Å². The zero-order valence-corrected chi connectivity index (χ0v) is 16.9. The van der Waals surface area contributed by atoms with Gasteiger partial charge in [-0.2, -0.15) is 17.9 Å². The van der Waals surface area contributed by atoms with Crippen molar-refractivity contribution in [2.75, 3.05) is 6.61 Å². The van der Waals surface area contributed by atoms with Crippen molar-refractivity contribution in [3.63, 3.8) is 0 Å². The van der Waals surface area contributed by atoms with E-state index in [4.69, 9.17) is 8.37 Å². The number of imidazole rings is 1. The molecule has 0 aliphatic heterocycles. The maximum atomic E-state index is 13.2. The fourth-order valence-electron chi connectivity index (χ4n) is 3.06. The highest BCUT2D eigenvalue weighted by atomic mass is 32.2. The van der Waals surface area contributed by atoms with E-state index in [2.05, 4.69) is 9.97 Å². The lowest BCUT2D eigenvalue weighted by molar-refractivity contribution is -0.137. The Morgan fingerprint density at radius 1 is 1.27 bits per heavy atom. The van der Waals surface area contributed by atoms with E-state index in [-0.39, 0.29) is 17.3 Å². The molecule has 158 valence electrons. The molecule has 12 heteroatoms. The van der Waals surface area contributed by atoms with Crippen LogP contribution in [0.1, 0.15) is 18.1 Å². The van der Waals surface area contributed by atoms with Crippen LogP contribution < -0.4 is 9.74 Å². The third-order valence-electron chi connectivity index (χ3n) is 4.40. The van der Waals surface area contributed by atoms with Gasteiger partial charge in [-0.05, 0) is 37.6 Å². The maximum Gasteiger partial charge on any atom is 0.417 e. The summed E-state index contributed by atoms with van der Waals surface area (Å²) in [4.78, 5) is 21.7. The van der Waals surface area contributed by atoms with Crippen molar-refractivity contribution in [2.45, 2.75) is 20.0 Å². The van der Waals surface area contributed by atoms with Crippen LogP contribution in [0.15, 0.2) is 35.4 Å². The molecule has 4 aromatic heterocycles. The summed E-state index contributed by atoms with van der Waals surface area (Å²) in [7, 11) is 1.61. The van der Waals surface area contributed by atoms with Crippen LogP contribution in [-0.4, -0.2) is 30.3 Å². The van der Waals surface area contributed by atoms with Crippen LogP contribution in [0.25, 0.3) is 22.5 Å². The van der Waals surface area contributed by atoms with Crippen LogP contribution in [0.3, 0.4) is 0 Å². The highest BCUT2D eigenvalue weighted by molar-refractivity contribution is 7.90. The Hall–Kier alpha value is -2.99. The van der Waals surface area contributed by atoms with Crippen molar-refractivity contribution in [1.82, 2.24) is 23.7 Å². The normalized spacial score (nSPS) is 12.2. The van der Waals surface area contributed by atoms with Crippen molar-refractivity contribution in [2.24, 2.45) is 7.05 Å². The van der Waals surface area contributed by atoms with Gasteiger partial charge in [0.2, 0.25) is 18.1 Å². The van der Waals surface area contributed by atoms with E-state index in [1.54, 1.807) is 33.2 Å². The number of pyridine rings is 2. The SMILES string of the molecule is CCOSOc1c(-n2c(=O)c3cc(C)cnc3n2C)nc2ccc(C(F)(F)F)cn12. The standard InChI is InChI=1S/C18H16F3N5O3S/c1-4-28-30-29-17-15(23-13-6-5-11(9-25(13)17)18(19,20)21)26-16(27)12-7-10(2)8-22-14(12)24(26)3/h5-9H,4H2,1-3H3. The van der Waals surface area contributed by atoms with Crippen LogP contribution in [0.2, 0.25) is 0 Å². The molecule has 0 saturated carbocycles. The lowest BCUT2D eigenvalue weighted by Gasteiger charge is -2.09. The Bertz CT molecular complexity index is 1310. The molecular formula is C18H16F3N5O3S. The second-order valence-corrected chi connectivity index (χ2v) is 7.01. The lowest BCUT2D eigenvalue weighted by atomic mass is 10.2. The number of rotatable bonds is 5. The van der Waals surface area contributed by atoms with Gasteiger partial charge in [0.15, 0.2) is 5.65 Å². The average molecular weight is 439 g/mol. The quantitative estimate of drug-likeness (QED) is 0.349. The highest BCUT2D eigenvalue weighted by Gasteiger charge is 2.32. The van der Waals surface area contributed by atoms with E-state index in [1.807, 2.05) is 0 Å². The van der Waals surface area contributed by atoms with Crippen molar-refractivity contribution in [3.8, 4) is 11.7 Å². The van der Waals surface area contributed by atoms with Crippen molar-refractivity contribution >= 4 is 29.0 Å². The molecular weight excluding hydrogens is 423 g/mol. The number of hydrogen-bond acceptors (Lipinski definition) is 6. The zero-order chi connectivity index (χ0) is 21.6. The van der Waals surface area contributed by atoms with Crippen LogP contribution in [-0.2, 0) is 17.4 Å². The minimum atomic E-state index is -4.55. The molecule has 0 fully saturated rings. The fourth-order valence-corrected chi connectivity index (χ4v) is 3.42. The van der Waals surface area contributed by atoms with Gasteiger partial charge in [0.25, 0.3) is 11.4 Å². The summed E-state index contributed by atoms with van der Waals surface area (Å²) in [5.74, 6) is -0.0658. The molecule has 0 aliphatic rings. The molecule has 0 unspecified atom stereocenters. The Kier molecular flexibility index (Phi) is 4.98. The highest BCUT2D eigenvalue weighted by Crippen LogP contribution is 2.33. The number of alkyl halides is 3. The predicted octanol–water partition coefficient (Wildman–Crippen LogP) is 3.68. The molecule has 0 saturated heterocycles. The molecule has 0 amide bonds. The molecule has 0 bridgehead atoms. The minimum Gasteiger partial charge on any atom is -0.377 e. The first-order chi connectivity index (χ1) is 14.2. The smallest absolute Gasteiger partial charge is 0.377 e. The number of fused-ring (bicyclic) bond motifs is 2. The maximum absolute atomic E-state index is 13.2. The summed E-state index contributed by atoms with van der Waals surface area (Å²) in [5.41, 5.74) is 0.0697. The summed E-state index contributed by atoms with van der Waals surface area (Å²) in [6.07, 6.45) is -2.07. The molecule has 0 aliphatic carbocycles. The molecule has 0 aromatic carbocycles. The number of hydrogen-bond donors (Lipinski definition) is 0. The summed E-state index contributed by atoms with van der Waals surface area (Å²) in [6.45, 7) is 3.84. The largest absolute Gasteiger partial charge is 0.417 e. The van der Waals surface area contributed by atoms with Crippen molar-refractivity contribution in [3.05, 3.63) is 52.1 Å². The fraction of sp³-hybridized carbons (Fsp3) is 0.278. The molecule has 4 heterocycles. The van der Waals surface area contributed by atoms with Crippen LogP contribution >= 0.6 is 12.3 Å². The lowest BCUT2D eigenvalue weighted by Crippen LogP contribution is -2.20. The number of aromatic nitrogens is 5. The first-order valence-electron chi connectivity index (χ1n) is 8.82. The topological polar surface area (TPSA) is 75.6 Å². The summed E-state index contributed by atoms with van der Waals surface area (Å²) >= 11 is 0.587. The Labute approximate surface area is 172 Å². The Balaban J connectivity index is 2.00. The van der Waals surface area contributed by atoms with Crippen molar-refractivity contribution < 1.29 is 21.5 Å². The van der Waals surface area contributed by atoms with E-state index in [9.17, 15) is 18.0 Å². The monoisotopic (exact) mass is 439 g/mol. The summed E-state index contributed by atoms with van der Waals surface area (Å²) < 4.78 is 54.1. The van der Waals surface area contributed by atoms with Gasteiger partial charge in [0, 0.05) is 19.4 Å². The van der Waals surface area contributed by atoms with Gasteiger partial charge in [-0.1, -0.05) is 0 Å². The van der Waals surface area contributed by atoms with Gasteiger partial charge >= 0.3 is 6.18 Å². The number of nitrogens with zero attached hydrogens (tertiary/aromatic N) is 5. The minimum absolute atomic E-state index is 0.0182. The second-order valence-electron chi connectivity index (χ2n) is 6.47. The van der Waals surface area contributed by atoms with Crippen LogP contribution in [0.5, 0.6) is 5.88 Å². The van der Waals surface area contributed by atoms with Gasteiger partial charge in [-0.25, -0.2) is 9.97 Å². The summed E-state index contributed by atoms with van der Waals surface area (Å²) in [6, 6.07) is 3.82. The molecule has 4 aromatic rings. The second kappa shape index (κ2) is 7.36. The Morgan fingerprint density at radius 3 is 2.73 bits per heavy atom.